The molecule has 23 heavy (non-hydrogen) atoms. The minimum Gasteiger partial charge on any atom is -0.462 e. The zero-order valence-electron chi connectivity index (χ0n) is 13.7. The molecule has 0 atom stereocenters. The Labute approximate surface area is 142 Å². The molecule has 0 saturated carbocycles. The van der Waals surface area contributed by atoms with Crippen molar-refractivity contribution in [3.63, 3.8) is 0 Å². The van der Waals surface area contributed by atoms with Crippen LogP contribution >= 0.6 is 12.6 Å². The highest BCUT2D eigenvalue weighted by molar-refractivity contribution is 7.85. The maximum Gasteiger partial charge on any atom is 0.405 e. The third-order valence-electron chi connectivity index (χ3n) is 3.05. The normalized spacial score (nSPS) is 11.6. The van der Waals surface area contributed by atoms with E-state index in [4.69, 9.17) is 9.47 Å². The first-order valence-corrected chi connectivity index (χ1v) is 8.30. The van der Waals surface area contributed by atoms with Crippen molar-refractivity contribution in [3.8, 4) is 0 Å². The Kier molecular flexibility index (Phi) is 9.05. The second-order valence-corrected chi connectivity index (χ2v) is 5.41. The summed E-state index contributed by atoms with van der Waals surface area (Å²) in [4.78, 5) is 24.4. The van der Waals surface area contributed by atoms with Crippen molar-refractivity contribution in [3.05, 3.63) is 35.5 Å². The Hall–Kier alpha value is -1.82. The molecule has 1 aromatic heterocycles. The molecule has 0 aliphatic heterocycles. The largest absolute Gasteiger partial charge is 0.462 e. The Bertz CT molecular complexity index is 543. The highest BCUT2D eigenvalue weighted by Gasteiger charge is 2.30. The summed E-state index contributed by atoms with van der Waals surface area (Å²) in [6, 6.07) is 5.32. The minimum atomic E-state index is -0.624. The van der Waals surface area contributed by atoms with Gasteiger partial charge in [0.25, 0.3) is 0 Å². The molecule has 1 heterocycles. The number of carbonyl (C=O) groups is 2. The first kappa shape index (κ1) is 19.2. The van der Waals surface area contributed by atoms with Crippen LogP contribution in [0.2, 0.25) is 0 Å². The number of rotatable bonds is 9. The van der Waals surface area contributed by atoms with Crippen LogP contribution in [0.1, 0.15) is 39.5 Å². The van der Waals surface area contributed by atoms with Crippen LogP contribution < -0.4 is 4.57 Å². The predicted molar refractivity (Wildman–Crippen MR) is 90.6 cm³/mol. The monoisotopic (exact) mass is 338 g/mol. The fraction of sp³-hybridized carbons (Fsp3) is 0.471. The summed E-state index contributed by atoms with van der Waals surface area (Å²) in [7, 11) is 0. The number of ether oxygens (including phenoxy) is 2. The molecule has 0 bridgehead atoms. The molecule has 0 fully saturated rings. The summed E-state index contributed by atoms with van der Waals surface area (Å²) in [5, 5.41) is 0. The third-order valence-corrected chi connectivity index (χ3v) is 3.44. The molecule has 0 unspecified atom stereocenters. The van der Waals surface area contributed by atoms with Crippen LogP contribution in [0.25, 0.3) is 5.70 Å². The van der Waals surface area contributed by atoms with Crippen molar-refractivity contribution in [1.82, 2.24) is 0 Å². The van der Waals surface area contributed by atoms with Gasteiger partial charge in [0.15, 0.2) is 17.3 Å². The molecule has 0 amide bonds. The van der Waals surface area contributed by atoms with Crippen LogP contribution in [0.15, 0.2) is 35.5 Å². The SMILES string of the molecule is CCCCOC(=O)/C(S)=C(\C(=O)OCCCC)[n+]1ccccc1. The van der Waals surface area contributed by atoms with E-state index < -0.39 is 11.9 Å². The van der Waals surface area contributed by atoms with Gasteiger partial charge in [0.1, 0.15) is 0 Å². The quantitative estimate of drug-likeness (QED) is 0.247. The van der Waals surface area contributed by atoms with Gasteiger partial charge < -0.3 is 9.47 Å². The van der Waals surface area contributed by atoms with Gasteiger partial charge in [-0.15, -0.1) is 12.6 Å². The number of carbonyl (C=O) groups excluding carboxylic acids is 2. The summed E-state index contributed by atoms with van der Waals surface area (Å²) in [6.07, 6.45) is 6.68. The van der Waals surface area contributed by atoms with Crippen LogP contribution in [0, 0.1) is 0 Å². The highest BCUT2D eigenvalue weighted by Crippen LogP contribution is 2.14. The van der Waals surface area contributed by atoms with E-state index in [0.29, 0.717) is 13.2 Å². The van der Waals surface area contributed by atoms with Crippen LogP contribution in [0.5, 0.6) is 0 Å². The lowest BCUT2D eigenvalue weighted by Gasteiger charge is -2.07. The van der Waals surface area contributed by atoms with E-state index in [-0.39, 0.29) is 10.6 Å². The van der Waals surface area contributed by atoms with Crippen molar-refractivity contribution in [2.45, 2.75) is 39.5 Å². The molecular formula is C17H24NO4S+. The second kappa shape index (κ2) is 10.8. The molecule has 0 aliphatic carbocycles. The lowest BCUT2D eigenvalue weighted by atomic mass is 10.3. The van der Waals surface area contributed by atoms with Gasteiger partial charge in [-0.25, -0.2) is 9.59 Å². The van der Waals surface area contributed by atoms with Gasteiger partial charge in [0.05, 0.1) is 13.2 Å². The van der Waals surface area contributed by atoms with Crippen LogP contribution in [-0.4, -0.2) is 25.2 Å². The van der Waals surface area contributed by atoms with Crippen molar-refractivity contribution in [1.29, 1.82) is 0 Å². The van der Waals surface area contributed by atoms with Crippen molar-refractivity contribution in [2.75, 3.05) is 13.2 Å². The first-order chi connectivity index (χ1) is 11.1. The lowest BCUT2D eigenvalue weighted by molar-refractivity contribution is -0.578. The molecule has 1 aromatic rings. The van der Waals surface area contributed by atoms with Gasteiger partial charge in [0.2, 0.25) is 0 Å². The van der Waals surface area contributed by atoms with E-state index in [1.807, 2.05) is 19.9 Å². The predicted octanol–water partition coefficient (Wildman–Crippen LogP) is 2.76. The summed E-state index contributed by atoms with van der Waals surface area (Å²) in [6.45, 7) is 4.61. The first-order valence-electron chi connectivity index (χ1n) is 7.86. The molecule has 0 aromatic carbocycles. The summed E-state index contributed by atoms with van der Waals surface area (Å²) < 4.78 is 11.9. The maximum atomic E-state index is 12.3. The average molecular weight is 338 g/mol. The fourth-order valence-corrected chi connectivity index (χ4v) is 2.00. The Morgan fingerprint density at radius 1 is 0.913 bits per heavy atom. The van der Waals surface area contributed by atoms with E-state index in [0.717, 1.165) is 25.7 Å². The summed E-state index contributed by atoms with van der Waals surface area (Å²) >= 11 is 4.20. The second-order valence-electron chi connectivity index (χ2n) is 4.96. The van der Waals surface area contributed by atoms with Gasteiger partial charge in [-0.3, -0.25) is 0 Å². The lowest BCUT2D eigenvalue weighted by Crippen LogP contribution is -2.38. The number of pyridine rings is 1. The molecule has 126 valence electrons. The number of unbranched alkanes of at least 4 members (excludes halogenated alkanes) is 2. The smallest absolute Gasteiger partial charge is 0.405 e. The zero-order chi connectivity index (χ0) is 17.1. The van der Waals surface area contributed by atoms with Crippen molar-refractivity contribution in [2.24, 2.45) is 0 Å². The minimum absolute atomic E-state index is 0.0567. The summed E-state index contributed by atoms with van der Waals surface area (Å²) in [5.41, 5.74) is 0.0616. The molecule has 5 nitrogen and oxygen atoms in total. The van der Waals surface area contributed by atoms with E-state index >= 15 is 0 Å². The van der Waals surface area contributed by atoms with Crippen molar-refractivity contribution >= 4 is 30.3 Å². The topological polar surface area (TPSA) is 56.5 Å². The van der Waals surface area contributed by atoms with Gasteiger partial charge in [-0.05, 0) is 12.8 Å². The van der Waals surface area contributed by atoms with Gasteiger partial charge >= 0.3 is 17.6 Å². The number of nitrogens with zero attached hydrogens (tertiary/aromatic N) is 1. The van der Waals surface area contributed by atoms with E-state index in [2.05, 4.69) is 12.6 Å². The molecule has 0 radical (unpaired) electrons. The van der Waals surface area contributed by atoms with Gasteiger partial charge in [-0.2, -0.15) is 4.57 Å². The van der Waals surface area contributed by atoms with E-state index in [1.165, 1.54) is 4.57 Å². The zero-order valence-corrected chi connectivity index (χ0v) is 14.6. The number of thiol groups is 1. The molecule has 0 N–H and O–H groups in total. The van der Waals surface area contributed by atoms with E-state index in [1.54, 1.807) is 24.5 Å². The average Bonchev–Trinajstić information content (AvgIpc) is 2.56. The highest BCUT2D eigenvalue weighted by atomic mass is 32.1. The molecular weight excluding hydrogens is 314 g/mol. The van der Waals surface area contributed by atoms with Gasteiger partial charge in [-0.1, -0.05) is 32.8 Å². The van der Waals surface area contributed by atoms with Crippen LogP contribution in [0.3, 0.4) is 0 Å². The molecule has 6 heteroatoms. The fourth-order valence-electron chi connectivity index (χ4n) is 1.72. The van der Waals surface area contributed by atoms with Crippen molar-refractivity contribution < 1.29 is 23.6 Å². The standard InChI is InChI=1S/C17H23NO4S/c1-3-5-12-21-16(19)14(18-10-8-7-9-11-18)15(23)17(20)22-13-6-4-2/h7-11H,3-6,12-13H2,1-2H3/p+1. The molecule has 0 aliphatic rings. The molecule has 1 rings (SSSR count). The summed E-state index contributed by atoms with van der Waals surface area (Å²) in [5.74, 6) is -1.22. The van der Waals surface area contributed by atoms with E-state index in [9.17, 15) is 9.59 Å². The molecule has 0 saturated heterocycles. The number of aromatic nitrogens is 1. The van der Waals surface area contributed by atoms with Crippen LogP contribution in [-0.2, 0) is 19.1 Å². The van der Waals surface area contributed by atoms with Gasteiger partial charge in [0, 0.05) is 12.1 Å². The third kappa shape index (κ3) is 6.44. The number of hydrogen-bond acceptors (Lipinski definition) is 5. The Morgan fingerprint density at radius 2 is 1.43 bits per heavy atom. The number of hydrogen-bond donors (Lipinski definition) is 1. The van der Waals surface area contributed by atoms with Crippen LogP contribution in [0.4, 0.5) is 0 Å². The Balaban J connectivity index is 3.00. The maximum absolute atomic E-state index is 12.3. The molecule has 0 spiro atoms. The Morgan fingerprint density at radius 3 is 1.96 bits per heavy atom. The number of esters is 2.